The number of anilines is 1. The monoisotopic (exact) mass is 308 g/mol. The van der Waals surface area contributed by atoms with Crippen LogP contribution in [0, 0.1) is 0 Å². The van der Waals surface area contributed by atoms with Gasteiger partial charge in [0.2, 0.25) is 5.72 Å². The molecule has 2 heterocycles. The highest BCUT2D eigenvalue weighted by atomic mass is 35.5. The maximum atomic E-state index is 12.9. The average Bonchev–Trinajstić information content (AvgIpc) is 2.69. The van der Waals surface area contributed by atoms with Crippen molar-refractivity contribution in [1.82, 2.24) is 4.90 Å². The Labute approximate surface area is 130 Å². The van der Waals surface area contributed by atoms with E-state index in [2.05, 4.69) is 0 Å². The van der Waals surface area contributed by atoms with E-state index < -0.39 is 11.1 Å². The summed E-state index contributed by atoms with van der Waals surface area (Å²) in [5, 5.41) is 11.9. The van der Waals surface area contributed by atoms with Crippen molar-refractivity contribution in [2.24, 2.45) is 0 Å². The van der Waals surface area contributed by atoms with Crippen LogP contribution in [0.4, 0.5) is 5.69 Å². The predicted molar refractivity (Wildman–Crippen MR) is 83.6 cm³/mol. The summed E-state index contributed by atoms with van der Waals surface area (Å²) in [5.74, 6) is -0.243. The maximum Gasteiger partial charge on any atom is 0.277 e. The molecule has 1 aromatic carbocycles. The average molecular weight is 309 g/mol. The van der Waals surface area contributed by atoms with Gasteiger partial charge in [0.1, 0.15) is 0 Å². The lowest BCUT2D eigenvalue weighted by Gasteiger charge is -2.36. The smallest absolute Gasteiger partial charge is 0.277 e. The number of hydrogen-bond acceptors (Lipinski definition) is 3. The maximum absolute atomic E-state index is 12.9. The highest BCUT2D eigenvalue weighted by Gasteiger charge is 2.69. The molecular formula is C16H21ClN2O2. The van der Waals surface area contributed by atoms with E-state index in [1.807, 2.05) is 39.8 Å². The van der Waals surface area contributed by atoms with E-state index in [1.165, 1.54) is 0 Å². The van der Waals surface area contributed by atoms with Gasteiger partial charge in [0.05, 0.1) is 5.41 Å². The summed E-state index contributed by atoms with van der Waals surface area (Å²) in [5.41, 5.74) is -0.772. The number of halogens is 1. The third kappa shape index (κ3) is 1.58. The Bertz CT molecular complexity index is 640. The molecular weight excluding hydrogens is 288 g/mol. The molecule has 0 aromatic heterocycles. The van der Waals surface area contributed by atoms with E-state index >= 15 is 0 Å². The minimum Gasteiger partial charge on any atom is -0.362 e. The van der Waals surface area contributed by atoms with Crippen molar-refractivity contribution in [3.8, 4) is 0 Å². The van der Waals surface area contributed by atoms with Crippen LogP contribution in [0.25, 0.3) is 0 Å². The zero-order valence-electron chi connectivity index (χ0n) is 13.1. The first-order valence-electron chi connectivity index (χ1n) is 7.12. The lowest BCUT2D eigenvalue weighted by atomic mass is 9.78. The lowest BCUT2D eigenvalue weighted by Crippen LogP contribution is -2.59. The van der Waals surface area contributed by atoms with Gasteiger partial charge in [-0.05, 0) is 51.5 Å². The lowest BCUT2D eigenvalue weighted by molar-refractivity contribution is -0.148. The summed E-state index contributed by atoms with van der Waals surface area (Å²) in [4.78, 5) is 16.4. The molecule has 3 rings (SSSR count). The van der Waals surface area contributed by atoms with E-state index in [9.17, 15) is 9.90 Å². The number of likely N-dealkylation sites (N-methyl/N-ethyl adjacent to an activating group) is 1. The molecule has 0 radical (unpaired) electrons. The van der Waals surface area contributed by atoms with Crippen molar-refractivity contribution in [1.29, 1.82) is 0 Å². The summed E-state index contributed by atoms with van der Waals surface area (Å²) in [6, 6.07) is 5.52. The van der Waals surface area contributed by atoms with Gasteiger partial charge in [-0.2, -0.15) is 0 Å². The van der Waals surface area contributed by atoms with Gasteiger partial charge < -0.3 is 14.9 Å². The highest BCUT2D eigenvalue weighted by Crippen LogP contribution is 2.55. The molecule has 0 bridgehead atoms. The molecule has 0 spiro atoms. The topological polar surface area (TPSA) is 43.8 Å². The van der Waals surface area contributed by atoms with E-state index in [1.54, 1.807) is 22.9 Å². The van der Waals surface area contributed by atoms with Gasteiger partial charge in [0.15, 0.2) is 0 Å². The zero-order chi connectivity index (χ0) is 15.8. The SMILES string of the molecule is CN1c2ccc(Cl)cc2[C@]2(C)CN(C(C)(C)C)C(=O)[C@]12O. The largest absolute Gasteiger partial charge is 0.362 e. The van der Waals surface area contributed by atoms with Gasteiger partial charge >= 0.3 is 0 Å². The summed E-state index contributed by atoms with van der Waals surface area (Å²) < 4.78 is 0. The quantitative estimate of drug-likeness (QED) is 0.800. The molecule has 2 aliphatic heterocycles. The molecule has 21 heavy (non-hydrogen) atoms. The Hall–Kier alpha value is -1.26. The van der Waals surface area contributed by atoms with Crippen LogP contribution < -0.4 is 4.90 Å². The fourth-order valence-corrected chi connectivity index (χ4v) is 3.84. The molecule has 4 nitrogen and oxygen atoms in total. The predicted octanol–water partition coefficient (Wildman–Crippen LogP) is 2.38. The molecule has 5 heteroatoms. The van der Waals surface area contributed by atoms with Crippen LogP contribution in [0.5, 0.6) is 0 Å². The van der Waals surface area contributed by atoms with Crippen LogP contribution in [0.3, 0.4) is 0 Å². The summed E-state index contributed by atoms with van der Waals surface area (Å²) in [7, 11) is 1.77. The van der Waals surface area contributed by atoms with Crippen molar-refractivity contribution < 1.29 is 9.90 Å². The van der Waals surface area contributed by atoms with Crippen molar-refractivity contribution in [2.75, 3.05) is 18.5 Å². The first kappa shape index (κ1) is 14.7. The van der Waals surface area contributed by atoms with E-state index in [4.69, 9.17) is 11.6 Å². The first-order valence-corrected chi connectivity index (χ1v) is 7.49. The number of nitrogens with zero attached hydrogens (tertiary/aromatic N) is 2. The van der Waals surface area contributed by atoms with E-state index in [-0.39, 0.29) is 11.4 Å². The van der Waals surface area contributed by atoms with Crippen LogP contribution in [-0.2, 0) is 10.2 Å². The normalized spacial score (nSPS) is 31.7. The van der Waals surface area contributed by atoms with Crippen LogP contribution in [-0.4, -0.2) is 40.8 Å². The van der Waals surface area contributed by atoms with Gasteiger partial charge in [-0.25, -0.2) is 0 Å². The van der Waals surface area contributed by atoms with Gasteiger partial charge in [-0.15, -0.1) is 0 Å². The number of benzene rings is 1. The molecule has 0 aliphatic carbocycles. The van der Waals surface area contributed by atoms with Gasteiger partial charge in [-0.1, -0.05) is 11.6 Å². The minimum absolute atomic E-state index is 0.243. The van der Waals surface area contributed by atoms with Crippen molar-refractivity contribution in [2.45, 2.75) is 44.4 Å². The molecule has 1 saturated heterocycles. The molecule has 1 N–H and O–H groups in total. The van der Waals surface area contributed by atoms with Crippen molar-refractivity contribution in [3.63, 3.8) is 0 Å². The van der Waals surface area contributed by atoms with Crippen LogP contribution in [0.2, 0.25) is 5.02 Å². The van der Waals surface area contributed by atoms with Gasteiger partial charge in [-0.3, -0.25) is 4.79 Å². The molecule has 2 aliphatic rings. The number of carbonyl (C=O) groups is 1. The Balaban J connectivity index is 2.22. The van der Waals surface area contributed by atoms with Gasteiger partial charge in [0, 0.05) is 29.8 Å². The Morgan fingerprint density at radius 1 is 1.33 bits per heavy atom. The van der Waals surface area contributed by atoms with E-state index in [0.717, 1.165) is 11.3 Å². The number of likely N-dealkylation sites (tertiary alicyclic amines) is 1. The number of hydrogen-bond donors (Lipinski definition) is 1. The Kier molecular flexibility index (Phi) is 2.74. The minimum atomic E-state index is -1.55. The molecule has 2 atom stereocenters. The zero-order valence-corrected chi connectivity index (χ0v) is 13.8. The number of fused-ring (bicyclic) bond motifs is 3. The second-order valence-corrected chi connectivity index (χ2v) is 7.72. The number of amides is 1. The molecule has 1 fully saturated rings. The molecule has 0 saturated carbocycles. The fraction of sp³-hybridized carbons (Fsp3) is 0.562. The number of carbonyl (C=O) groups excluding carboxylic acids is 1. The number of aliphatic hydroxyl groups is 1. The van der Waals surface area contributed by atoms with E-state index in [0.29, 0.717) is 11.6 Å². The fourth-order valence-electron chi connectivity index (χ4n) is 3.67. The van der Waals surface area contributed by atoms with Crippen LogP contribution in [0.1, 0.15) is 33.3 Å². The second-order valence-electron chi connectivity index (χ2n) is 7.29. The van der Waals surface area contributed by atoms with Crippen molar-refractivity contribution in [3.05, 3.63) is 28.8 Å². The number of rotatable bonds is 0. The molecule has 114 valence electrons. The summed E-state index contributed by atoms with van der Waals surface area (Å²) >= 11 is 6.13. The highest BCUT2D eigenvalue weighted by molar-refractivity contribution is 6.30. The Morgan fingerprint density at radius 2 is 1.95 bits per heavy atom. The molecule has 0 unspecified atom stereocenters. The molecule has 1 aromatic rings. The second kappa shape index (κ2) is 3.93. The first-order chi connectivity index (χ1) is 9.53. The van der Waals surface area contributed by atoms with Gasteiger partial charge in [0.25, 0.3) is 5.91 Å². The Morgan fingerprint density at radius 3 is 2.52 bits per heavy atom. The summed E-state index contributed by atoms with van der Waals surface area (Å²) in [6.07, 6.45) is 0. The van der Waals surface area contributed by atoms with Crippen molar-refractivity contribution >= 4 is 23.2 Å². The standard InChI is InChI=1S/C16H21ClN2O2/c1-14(2,3)19-9-15(4)11-8-10(17)6-7-12(11)18(5)16(15,21)13(19)20/h6-8,21H,9H2,1-5H3/t15-,16+/m0/s1. The van der Waals surface area contributed by atoms with Crippen LogP contribution >= 0.6 is 11.6 Å². The summed E-state index contributed by atoms with van der Waals surface area (Å²) in [6.45, 7) is 8.37. The van der Waals surface area contributed by atoms with Crippen LogP contribution in [0.15, 0.2) is 18.2 Å². The third-order valence-corrected chi connectivity index (χ3v) is 5.23. The third-order valence-electron chi connectivity index (χ3n) is 5.00. The molecule has 1 amide bonds.